The molecule has 0 aliphatic heterocycles. The van der Waals surface area contributed by atoms with Crippen LogP contribution in [-0.2, 0) is 11.2 Å². The zero-order valence-corrected chi connectivity index (χ0v) is 15.4. The van der Waals surface area contributed by atoms with Crippen LogP contribution in [0.15, 0.2) is 36.4 Å². The van der Waals surface area contributed by atoms with Gasteiger partial charge in [-0.15, -0.1) is 0 Å². The molecule has 1 saturated carbocycles. The quantitative estimate of drug-likeness (QED) is 0.796. The van der Waals surface area contributed by atoms with Crippen molar-refractivity contribution >= 4 is 5.91 Å². The number of halogens is 1. The molecule has 1 unspecified atom stereocenters. The van der Waals surface area contributed by atoms with Crippen LogP contribution in [0.1, 0.15) is 56.6 Å². The van der Waals surface area contributed by atoms with Crippen molar-refractivity contribution in [2.45, 2.75) is 58.0 Å². The van der Waals surface area contributed by atoms with Crippen LogP contribution < -0.4 is 10.5 Å². The number of rotatable bonds is 6. The second-order valence-electron chi connectivity index (χ2n) is 7.02. The van der Waals surface area contributed by atoms with Gasteiger partial charge < -0.3 is 10.5 Å². The molecule has 1 fully saturated rings. The van der Waals surface area contributed by atoms with Crippen LogP contribution in [-0.4, -0.2) is 12.0 Å². The lowest BCUT2D eigenvalue weighted by Gasteiger charge is -2.20. The van der Waals surface area contributed by atoms with Gasteiger partial charge in [0.25, 0.3) is 0 Å². The molecule has 0 heterocycles. The van der Waals surface area contributed by atoms with E-state index in [2.05, 4.69) is 0 Å². The summed E-state index contributed by atoms with van der Waals surface area (Å²) in [6.45, 7) is 3.72. The van der Waals surface area contributed by atoms with Crippen LogP contribution in [0, 0.1) is 5.82 Å². The highest BCUT2D eigenvalue weighted by Crippen LogP contribution is 2.38. The Hall–Kier alpha value is -2.36. The Morgan fingerprint density at radius 2 is 1.96 bits per heavy atom. The van der Waals surface area contributed by atoms with Crippen LogP contribution >= 0.6 is 0 Å². The number of benzene rings is 2. The van der Waals surface area contributed by atoms with Crippen molar-refractivity contribution in [3.63, 3.8) is 0 Å². The molecule has 1 amide bonds. The average molecular weight is 355 g/mol. The molecule has 1 aliphatic rings. The number of carbonyl (C=O) groups is 1. The van der Waals surface area contributed by atoms with E-state index in [9.17, 15) is 9.18 Å². The minimum absolute atomic E-state index is 0.201. The predicted octanol–water partition coefficient (Wildman–Crippen LogP) is 4.97. The van der Waals surface area contributed by atoms with Crippen molar-refractivity contribution in [2.75, 3.05) is 0 Å². The SMILES string of the molecule is CCc1c(F)cccc1-c1cc(C(C)C(N)=O)ccc1OC1CCCC1. The zero-order valence-electron chi connectivity index (χ0n) is 15.4. The number of nitrogens with two attached hydrogens (primary N) is 1. The van der Waals surface area contributed by atoms with Gasteiger partial charge in [0.05, 0.1) is 12.0 Å². The molecule has 2 aromatic rings. The first-order chi connectivity index (χ1) is 12.5. The molecular weight excluding hydrogens is 329 g/mol. The summed E-state index contributed by atoms with van der Waals surface area (Å²) in [6, 6.07) is 10.8. The van der Waals surface area contributed by atoms with Crippen molar-refractivity contribution in [3.8, 4) is 16.9 Å². The summed E-state index contributed by atoms with van der Waals surface area (Å²) in [7, 11) is 0. The van der Waals surface area contributed by atoms with E-state index in [0.29, 0.717) is 12.0 Å². The Labute approximate surface area is 154 Å². The highest BCUT2D eigenvalue weighted by atomic mass is 19.1. The van der Waals surface area contributed by atoms with Gasteiger partial charge in [0.15, 0.2) is 0 Å². The summed E-state index contributed by atoms with van der Waals surface area (Å²) in [4.78, 5) is 11.6. The third kappa shape index (κ3) is 3.74. The summed E-state index contributed by atoms with van der Waals surface area (Å²) in [5.74, 6) is -0.258. The van der Waals surface area contributed by atoms with Crippen LogP contribution in [0.3, 0.4) is 0 Å². The van der Waals surface area contributed by atoms with Gasteiger partial charge >= 0.3 is 0 Å². The highest BCUT2D eigenvalue weighted by molar-refractivity contribution is 5.83. The number of primary amides is 1. The van der Waals surface area contributed by atoms with E-state index in [1.54, 1.807) is 13.0 Å². The lowest BCUT2D eigenvalue weighted by atomic mass is 9.92. The van der Waals surface area contributed by atoms with Gasteiger partial charge in [-0.25, -0.2) is 4.39 Å². The van der Waals surface area contributed by atoms with E-state index in [0.717, 1.165) is 35.3 Å². The van der Waals surface area contributed by atoms with Gasteiger partial charge in [-0.2, -0.15) is 0 Å². The first-order valence-corrected chi connectivity index (χ1v) is 9.39. The molecular formula is C22H26FNO2. The summed E-state index contributed by atoms with van der Waals surface area (Å²) < 4.78 is 20.6. The largest absolute Gasteiger partial charge is 0.490 e. The summed E-state index contributed by atoms with van der Waals surface area (Å²) in [5.41, 5.74) is 8.60. The molecule has 0 bridgehead atoms. The third-order valence-corrected chi connectivity index (χ3v) is 5.29. The van der Waals surface area contributed by atoms with Gasteiger partial charge in [-0.1, -0.05) is 25.1 Å². The highest BCUT2D eigenvalue weighted by Gasteiger charge is 2.21. The Morgan fingerprint density at radius 1 is 1.23 bits per heavy atom. The van der Waals surface area contributed by atoms with Gasteiger partial charge in [-0.3, -0.25) is 4.79 Å². The van der Waals surface area contributed by atoms with E-state index < -0.39 is 5.92 Å². The van der Waals surface area contributed by atoms with Crippen molar-refractivity contribution in [1.29, 1.82) is 0 Å². The van der Waals surface area contributed by atoms with Gasteiger partial charge in [0.1, 0.15) is 11.6 Å². The Morgan fingerprint density at radius 3 is 2.62 bits per heavy atom. The fourth-order valence-corrected chi connectivity index (χ4v) is 3.65. The normalized spacial score (nSPS) is 15.8. The Bertz CT molecular complexity index is 797. The van der Waals surface area contributed by atoms with Crippen LogP contribution in [0.25, 0.3) is 11.1 Å². The predicted molar refractivity (Wildman–Crippen MR) is 102 cm³/mol. The van der Waals surface area contributed by atoms with Gasteiger partial charge in [-0.05, 0) is 73.9 Å². The summed E-state index contributed by atoms with van der Waals surface area (Å²) in [5, 5.41) is 0. The lowest BCUT2D eigenvalue weighted by Crippen LogP contribution is -2.19. The fourth-order valence-electron chi connectivity index (χ4n) is 3.65. The maximum absolute atomic E-state index is 14.3. The molecule has 0 aromatic heterocycles. The molecule has 138 valence electrons. The van der Waals surface area contributed by atoms with E-state index >= 15 is 0 Å². The molecule has 0 spiro atoms. The minimum atomic E-state index is -0.409. The molecule has 1 atom stereocenters. The standard InChI is InChI=1S/C22H26FNO2/c1-3-17-18(9-6-10-20(17)23)19-13-15(14(2)22(24)25)11-12-21(19)26-16-7-4-5-8-16/h6,9-14,16H,3-5,7-8H2,1-2H3,(H2,24,25). The van der Waals surface area contributed by atoms with Crippen LogP contribution in [0.4, 0.5) is 4.39 Å². The van der Waals surface area contributed by atoms with Crippen LogP contribution in [0.5, 0.6) is 5.75 Å². The monoisotopic (exact) mass is 355 g/mol. The lowest BCUT2D eigenvalue weighted by molar-refractivity contribution is -0.119. The fraction of sp³-hybridized carbons (Fsp3) is 0.409. The molecule has 4 heteroatoms. The number of hydrogen-bond donors (Lipinski definition) is 1. The molecule has 26 heavy (non-hydrogen) atoms. The zero-order chi connectivity index (χ0) is 18.7. The minimum Gasteiger partial charge on any atom is -0.490 e. The number of ether oxygens (including phenoxy) is 1. The molecule has 0 radical (unpaired) electrons. The first-order valence-electron chi connectivity index (χ1n) is 9.39. The maximum Gasteiger partial charge on any atom is 0.224 e. The van der Waals surface area contributed by atoms with E-state index in [1.807, 2.05) is 31.2 Å². The Balaban J connectivity index is 2.10. The van der Waals surface area contributed by atoms with E-state index in [4.69, 9.17) is 10.5 Å². The molecule has 0 saturated heterocycles. The number of carbonyl (C=O) groups excluding carboxylic acids is 1. The van der Waals surface area contributed by atoms with E-state index in [-0.39, 0.29) is 17.8 Å². The molecule has 3 rings (SSSR count). The van der Waals surface area contributed by atoms with Crippen molar-refractivity contribution < 1.29 is 13.9 Å². The summed E-state index contributed by atoms with van der Waals surface area (Å²) >= 11 is 0. The molecule has 2 aromatic carbocycles. The first kappa shape index (κ1) is 18.4. The van der Waals surface area contributed by atoms with Crippen LogP contribution in [0.2, 0.25) is 0 Å². The van der Waals surface area contributed by atoms with Gasteiger partial charge in [0, 0.05) is 5.56 Å². The second-order valence-corrected chi connectivity index (χ2v) is 7.02. The molecule has 3 nitrogen and oxygen atoms in total. The van der Waals surface area contributed by atoms with Crippen molar-refractivity contribution in [3.05, 3.63) is 53.3 Å². The average Bonchev–Trinajstić information content (AvgIpc) is 3.14. The smallest absolute Gasteiger partial charge is 0.224 e. The topological polar surface area (TPSA) is 52.3 Å². The second kappa shape index (κ2) is 7.90. The van der Waals surface area contributed by atoms with E-state index in [1.165, 1.54) is 18.9 Å². The number of amides is 1. The third-order valence-electron chi connectivity index (χ3n) is 5.29. The Kier molecular flexibility index (Phi) is 5.60. The van der Waals surface area contributed by atoms with Crippen molar-refractivity contribution in [1.82, 2.24) is 0 Å². The van der Waals surface area contributed by atoms with Gasteiger partial charge in [0.2, 0.25) is 5.91 Å². The molecule has 1 aliphatic carbocycles. The number of hydrogen-bond acceptors (Lipinski definition) is 2. The van der Waals surface area contributed by atoms with Crippen molar-refractivity contribution in [2.24, 2.45) is 5.73 Å². The maximum atomic E-state index is 14.3. The summed E-state index contributed by atoms with van der Waals surface area (Å²) in [6.07, 6.45) is 5.23. The molecule has 2 N–H and O–H groups in total.